The third-order valence-electron chi connectivity index (χ3n) is 5.78. The van der Waals surface area contributed by atoms with Crippen LogP contribution in [0.1, 0.15) is 47.0 Å². The molecule has 174 valence electrons. The van der Waals surface area contributed by atoms with E-state index in [4.69, 9.17) is 14.2 Å². The molecular formula is C21H39N2O7+. The van der Waals surface area contributed by atoms with E-state index in [9.17, 15) is 20.1 Å². The molecule has 9 nitrogen and oxygen atoms in total. The van der Waals surface area contributed by atoms with Gasteiger partial charge in [0.25, 0.3) is 0 Å². The summed E-state index contributed by atoms with van der Waals surface area (Å²) in [5.74, 6) is -0.374. The Hall–Kier alpha value is -1.10. The largest absolute Gasteiger partial charge is 0.460 e. The number of carbonyl (C=O) groups excluding carboxylic acids is 1. The lowest BCUT2D eigenvalue weighted by Crippen LogP contribution is -2.66. The molecule has 0 aromatic carbocycles. The first-order valence-electron chi connectivity index (χ1n) is 10.5. The van der Waals surface area contributed by atoms with Crippen LogP contribution in [0.5, 0.6) is 0 Å². The number of aliphatic hydroxyl groups is 3. The zero-order valence-electron chi connectivity index (χ0n) is 19.0. The van der Waals surface area contributed by atoms with Gasteiger partial charge in [-0.05, 0) is 47.1 Å². The maximum absolute atomic E-state index is 12.2. The Morgan fingerprint density at radius 3 is 2.50 bits per heavy atom. The molecule has 0 amide bonds. The molecule has 1 saturated carbocycles. The second-order valence-electron chi connectivity index (χ2n) is 9.91. The zero-order valence-corrected chi connectivity index (χ0v) is 19.0. The molecule has 1 saturated heterocycles. The molecule has 1 aliphatic heterocycles. The molecule has 8 atom stereocenters. The first kappa shape index (κ1) is 25.2. The van der Waals surface area contributed by atoms with Crippen LogP contribution in [-0.4, -0.2) is 101 Å². The van der Waals surface area contributed by atoms with Crippen molar-refractivity contribution in [1.29, 1.82) is 0 Å². The van der Waals surface area contributed by atoms with Crippen molar-refractivity contribution in [3.05, 3.63) is 0 Å². The van der Waals surface area contributed by atoms with Gasteiger partial charge in [-0.25, -0.2) is 4.58 Å². The molecule has 0 aromatic rings. The van der Waals surface area contributed by atoms with Gasteiger partial charge >= 0.3 is 5.97 Å². The predicted molar refractivity (Wildman–Crippen MR) is 110 cm³/mol. The highest BCUT2D eigenvalue weighted by atomic mass is 16.7. The number of nitrogens with zero attached hydrogens (tertiary/aromatic N) is 1. The molecule has 2 aliphatic rings. The number of carbonyl (C=O) groups is 1. The minimum Gasteiger partial charge on any atom is -0.460 e. The Bertz CT molecular complexity index is 619. The van der Waals surface area contributed by atoms with Crippen LogP contribution >= 0.6 is 0 Å². The van der Waals surface area contributed by atoms with Crippen molar-refractivity contribution < 1.29 is 38.9 Å². The smallest absolute Gasteiger partial charge is 0.306 e. The molecule has 8 unspecified atom stereocenters. The highest BCUT2D eigenvalue weighted by Crippen LogP contribution is 2.34. The summed E-state index contributed by atoms with van der Waals surface area (Å²) in [5.41, 5.74) is -1.81. The summed E-state index contributed by atoms with van der Waals surface area (Å²) in [6.45, 7) is 11.0. The first-order valence-corrected chi connectivity index (χ1v) is 10.5. The number of aliphatic hydroxyl groups excluding tert-OH is 2. The maximum Gasteiger partial charge on any atom is 0.306 e. The molecule has 2 rings (SSSR count). The van der Waals surface area contributed by atoms with Crippen LogP contribution in [0, 0.1) is 5.92 Å². The van der Waals surface area contributed by atoms with Gasteiger partial charge in [0.05, 0.1) is 18.8 Å². The van der Waals surface area contributed by atoms with Crippen LogP contribution in [0.25, 0.3) is 0 Å². The Kier molecular flexibility index (Phi) is 8.04. The number of hydrogen-bond acceptors (Lipinski definition) is 8. The van der Waals surface area contributed by atoms with E-state index in [1.807, 2.05) is 20.8 Å². The second kappa shape index (κ2) is 9.58. The van der Waals surface area contributed by atoms with E-state index >= 15 is 0 Å². The highest BCUT2D eigenvalue weighted by Gasteiger charge is 2.50. The SMILES string of the molecule is C=[N+](C)C1CC(CC(=O)OC(C)(C)C)CC(O)C1OC1OCC(C)(O)C(NC)C1O. The summed E-state index contributed by atoms with van der Waals surface area (Å²) >= 11 is 0. The molecule has 1 heterocycles. The Morgan fingerprint density at radius 2 is 1.97 bits per heavy atom. The number of rotatable bonds is 6. The molecular weight excluding hydrogens is 392 g/mol. The molecule has 0 radical (unpaired) electrons. The quantitative estimate of drug-likeness (QED) is 0.256. The minimum atomic E-state index is -1.25. The highest BCUT2D eigenvalue weighted by molar-refractivity contribution is 5.70. The van der Waals surface area contributed by atoms with Crippen molar-refractivity contribution in [3.8, 4) is 0 Å². The normalized spacial score (nSPS) is 40.1. The predicted octanol–water partition coefficient (Wildman–Crippen LogP) is -0.358. The minimum absolute atomic E-state index is 0.0187. The molecule has 0 bridgehead atoms. The van der Waals surface area contributed by atoms with Gasteiger partial charge in [0.1, 0.15) is 37.2 Å². The van der Waals surface area contributed by atoms with Crippen molar-refractivity contribution in [1.82, 2.24) is 5.32 Å². The molecule has 4 N–H and O–H groups in total. The van der Waals surface area contributed by atoms with E-state index in [0.717, 1.165) is 0 Å². The number of nitrogens with one attached hydrogen (secondary N) is 1. The van der Waals surface area contributed by atoms with E-state index in [1.165, 1.54) is 0 Å². The van der Waals surface area contributed by atoms with Gasteiger partial charge < -0.3 is 34.8 Å². The summed E-state index contributed by atoms with van der Waals surface area (Å²) in [6.07, 6.45) is -2.51. The van der Waals surface area contributed by atoms with Gasteiger partial charge in [-0.2, -0.15) is 0 Å². The number of likely N-dealkylation sites (N-methyl/N-ethyl adjacent to an activating group) is 2. The van der Waals surface area contributed by atoms with Crippen LogP contribution < -0.4 is 5.32 Å². The fourth-order valence-corrected chi connectivity index (χ4v) is 4.42. The summed E-state index contributed by atoms with van der Waals surface area (Å²) < 4.78 is 18.7. The lowest BCUT2D eigenvalue weighted by atomic mass is 9.79. The van der Waals surface area contributed by atoms with E-state index in [0.29, 0.717) is 12.8 Å². The van der Waals surface area contributed by atoms with Crippen molar-refractivity contribution in [2.45, 2.75) is 94.8 Å². The fourth-order valence-electron chi connectivity index (χ4n) is 4.42. The lowest BCUT2D eigenvalue weighted by molar-refractivity contribution is -0.554. The number of ether oxygens (including phenoxy) is 3. The second-order valence-corrected chi connectivity index (χ2v) is 9.91. The first-order chi connectivity index (χ1) is 13.7. The topological polar surface area (TPSA) is 120 Å². The van der Waals surface area contributed by atoms with Gasteiger partial charge in [-0.3, -0.25) is 4.79 Å². The molecule has 9 heteroatoms. The van der Waals surface area contributed by atoms with Crippen molar-refractivity contribution in [2.75, 3.05) is 20.7 Å². The van der Waals surface area contributed by atoms with Crippen molar-refractivity contribution >= 4 is 12.7 Å². The average Bonchev–Trinajstić information content (AvgIpc) is 2.57. The van der Waals surface area contributed by atoms with Gasteiger partial charge in [0.15, 0.2) is 12.3 Å². The third-order valence-corrected chi connectivity index (χ3v) is 5.78. The monoisotopic (exact) mass is 431 g/mol. The van der Waals surface area contributed by atoms with E-state index in [-0.39, 0.29) is 31.0 Å². The summed E-state index contributed by atoms with van der Waals surface area (Å²) in [7, 11) is 3.43. The molecule has 30 heavy (non-hydrogen) atoms. The number of hydrogen-bond donors (Lipinski definition) is 4. The third kappa shape index (κ3) is 6.21. The zero-order chi connectivity index (χ0) is 22.9. The Morgan fingerprint density at radius 1 is 1.33 bits per heavy atom. The molecule has 0 aromatic heterocycles. The summed E-state index contributed by atoms with van der Waals surface area (Å²) in [4.78, 5) is 12.2. The lowest BCUT2D eigenvalue weighted by Gasteiger charge is -2.46. The fraction of sp³-hybridized carbons (Fsp3) is 0.905. The standard InChI is InChI=1S/C21H39N2O7/c1-20(2,3)30-15(25)10-12-8-13(23(6)7)17(14(24)9-12)29-19-16(26)18(22-5)21(4,27)11-28-19/h12-14,16-19,22,24,26-27H,6,8-11H2,1-5,7H3/q+1. The van der Waals surface area contributed by atoms with Gasteiger partial charge in [-0.1, -0.05) is 0 Å². The van der Waals surface area contributed by atoms with Crippen LogP contribution in [0.4, 0.5) is 0 Å². The van der Waals surface area contributed by atoms with Gasteiger partial charge in [0.2, 0.25) is 0 Å². The number of esters is 1. The summed E-state index contributed by atoms with van der Waals surface area (Å²) in [5, 5.41) is 34.8. The van der Waals surface area contributed by atoms with Crippen LogP contribution in [0.2, 0.25) is 0 Å². The Balaban J connectivity index is 2.07. The molecule has 0 spiro atoms. The van der Waals surface area contributed by atoms with Crippen molar-refractivity contribution in [2.24, 2.45) is 5.92 Å². The van der Waals surface area contributed by atoms with Crippen LogP contribution in [0.3, 0.4) is 0 Å². The van der Waals surface area contributed by atoms with Gasteiger partial charge in [0, 0.05) is 12.8 Å². The molecule has 2 fully saturated rings. The van der Waals surface area contributed by atoms with Gasteiger partial charge in [-0.15, -0.1) is 0 Å². The van der Waals surface area contributed by atoms with E-state index in [2.05, 4.69) is 12.0 Å². The van der Waals surface area contributed by atoms with E-state index < -0.39 is 41.8 Å². The Labute approximate surface area is 179 Å². The van der Waals surface area contributed by atoms with Crippen molar-refractivity contribution in [3.63, 3.8) is 0 Å². The molecule has 1 aliphatic carbocycles. The van der Waals surface area contributed by atoms with E-state index in [1.54, 1.807) is 25.6 Å². The summed E-state index contributed by atoms with van der Waals surface area (Å²) in [6, 6.07) is -0.930. The average molecular weight is 432 g/mol. The van der Waals surface area contributed by atoms with Crippen LogP contribution in [-0.2, 0) is 19.0 Å². The maximum atomic E-state index is 12.2. The van der Waals surface area contributed by atoms with Crippen LogP contribution in [0.15, 0.2) is 0 Å².